The summed E-state index contributed by atoms with van der Waals surface area (Å²) in [6.07, 6.45) is 5.98. The van der Waals surface area contributed by atoms with E-state index >= 15 is 0 Å². The monoisotopic (exact) mass is 783 g/mol. The van der Waals surface area contributed by atoms with E-state index in [0.717, 1.165) is 64.1 Å². The number of carbonyl (C=O) groups excluding carboxylic acids is 3. The predicted octanol–water partition coefficient (Wildman–Crippen LogP) is 2.39. The Kier molecular flexibility index (Phi) is 11.9. The van der Waals surface area contributed by atoms with Crippen molar-refractivity contribution in [3.63, 3.8) is 0 Å². The Morgan fingerprint density at radius 2 is 1.84 bits per heavy atom. The molecule has 2 saturated heterocycles. The number of aryl methyl sites for hydroxylation is 2. The Morgan fingerprint density at radius 3 is 2.56 bits per heavy atom. The molecule has 1 atom stereocenters. The molecule has 4 aromatic rings. The number of allylic oxidation sites excluding steroid dienone is 2. The minimum Gasteiger partial charge on any atom is -0.396 e. The molecule has 0 spiro atoms. The minimum absolute atomic E-state index is 0.0657. The molecule has 15 nitrogen and oxygen atoms in total. The first-order valence-electron chi connectivity index (χ1n) is 19.4. The summed E-state index contributed by atoms with van der Waals surface area (Å²) in [5, 5.41) is 9.02. The summed E-state index contributed by atoms with van der Waals surface area (Å²) < 4.78 is 31.8. The van der Waals surface area contributed by atoms with Gasteiger partial charge in [-0.15, -0.1) is 0 Å². The number of piperazine rings is 1. The summed E-state index contributed by atoms with van der Waals surface area (Å²) >= 11 is 0. The number of aliphatic imine (C=N–C) groups is 1. The largest absolute Gasteiger partial charge is 0.396 e. The van der Waals surface area contributed by atoms with Crippen molar-refractivity contribution in [1.82, 2.24) is 44.2 Å². The molecule has 1 aliphatic carbocycles. The lowest BCUT2D eigenvalue weighted by molar-refractivity contribution is -0.135. The zero-order chi connectivity index (χ0) is 40.2. The fourth-order valence-electron chi connectivity index (χ4n) is 7.92. The number of halogens is 2. The lowest BCUT2D eigenvalue weighted by atomic mass is 9.86. The number of rotatable bonds is 10. The maximum atomic E-state index is 13.7. The van der Waals surface area contributed by atoms with E-state index in [2.05, 4.69) is 47.3 Å². The molecule has 1 aromatic carbocycles. The molecule has 2 aliphatic heterocycles. The number of imide groups is 1. The molecule has 3 amide bonds. The molecule has 1 saturated carbocycles. The Bertz CT molecular complexity index is 2350. The standard InChI is InChI=1S/C40H47F2N11O4/c1-3-27-15-17-52-37(46-27)29(22-45-52)38(55)47-30(34(43)36(41)42)23-44-28-11-9-25(10-12-28)24-51-20-18-50(19-21-51)16-5-7-26-6-4-8-31-35(26)49(2)40(57)53(31)32-13-14-33(54)48-39(32)56/h4,6,8,15,17,22-23,25,28,32,36H,3,9-14,16,18-21,24,43H2,1-2H3,(H,47,55)(H,48,54,56)/b34-30+,44-23?. The van der Waals surface area contributed by atoms with E-state index in [0.29, 0.717) is 41.1 Å². The molecule has 57 heavy (non-hydrogen) atoms. The topological polar surface area (TPSA) is 177 Å². The number of hydrogen-bond acceptors (Lipinski definition) is 10. The van der Waals surface area contributed by atoms with Crippen LogP contribution in [-0.2, 0) is 23.1 Å². The second kappa shape index (κ2) is 17.2. The van der Waals surface area contributed by atoms with Gasteiger partial charge in [-0.1, -0.05) is 24.8 Å². The number of nitrogens with two attached hydrogens (primary N) is 1. The second-order valence-electron chi connectivity index (χ2n) is 14.9. The van der Waals surface area contributed by atoms with E-state index in [9.17, 15) is 28.0 Å². The van der Waals surface area contributed by atoms with Crippen molar-refractivity contribution in [2.75, 3.05) is 39.3 Å². The van der Waals surface area contributed by atoms with Crippen LogP contribution in [0, 0.1) is 17.8 Å². The number of imidazole rings is 1. The van der Waals surface area contributed by atoms with Gasteiger partial charge in [0.25, 0.3) is 12.3 Å². The number of piperidine rings is 1. The first-order valence-corrected chi connectivity index (χ1v) is 19.4. The van der Waals surface area contributed by atoms with Crippen LogP contribution >= 0.6 is 0 Å². The van der Waals surface area contributed by atoms with Crippen LogP contribution in [0.15, 0.2) is 57.8 Å². The van der Waals surface area contributed by atoms with Crippen LogP contribution in [0.25, 0.3) is 16.7 Å². The maximum Gasteiger partial charge on any atom is 0.329 e. The van der Waals surface area contributed by atoms with Crippen molar-refractivity contribution in [2.45, 2.75) is 70.4 Å². The van der Waals surface area contributed by atoms with E-state index < -0.39 is 30.0 Å². The molecule has 3 fully saturated rings. The maximum absolute atomic E-state index is 13.7. The van der Waals surface area contributed by atoms with Gasteiger partial charge in [-0.2, -0.15) is 5.10 Å². The number of nitrogens with one attached hydrogen (secondary N) is 2. The lowest BCUT2D eigenvalue weighted by Gasteiger charge is -2.37. The number of aromatic nitrogens is 5. The number of amides is 3. The summed E-state index contributed by atoms with van der Waals surface area (Å²) in [6.45, 7) is 7.08. The Labute approximate surface area is 328 Å². The second-order valence-corrected chi connectivity index (χ2v) is 14.9. The van der Waals surface area contributed by atoms with E-state index in [1.165, 1.54) is 26.1 Å². The van der Waals surface area contributed by atoms with Crippen molar-refractivity contribution >= 4 is 40.6 Å². The molecule has 1 unspecified atom stereocenters. The average Bonchev–Trinajstić information content (AvgIpc) is 3.75. The molecule has 0 radical (unpaired) electrons. The fourth-order valence-corrected chi connectivity index (χ4v) is 7.92. The Balaban J connectivity index is 0.890. The molecule has 5 heterocycles. The molecule has 300 valence electrons. The normalized spacial score (nSPS) is 21.5. The summed E-state index contributed by atoms with van der Waals surface area (Å²) in [5.41, 5.74) is 7.65. The fraction of sp³-hybridized carbons (Fsp3) is 0.475. The van der Waals surface area contributed by atoms with Crippen molar-refractivity contribution in [3.05, 3.63) is 75.4 Å². The van der Waals surface area contributed by atoms with Crippen LogP contribution in [0.3, 0.4) is 0 Å². The van der Waals surface area contributed by atoms with Gasteiger partial charge in [0, 0.05) is 64.3 Å². The first kappa shape index (κ1) is 39.5. The van der Waals surface area contributed by atoms with Gasteiger partial charge in [-0.05, 0) is 62.6 Å². The van der Waals surface area contributed by atoms with Crippen molar-refractivity contribution in [3.8, 4) is 11.8 Å². The van der Waals surface area contributed by atoms with Gasteiger partial charge in [0.2, 0.25) is 11.8 Å². The molecule has 3 aromatic heterocycles. The van der Waals surface area contributed by atoms with Gasteiger partial charge >= 0.3 is 5.69 Å². The number of alkyl halides is 2. The van der Waals surface area contributed by atoms with Gasteiger partial charge in [0.1, 0.15) is 17.3 Å². The van der Waals surface area contributed by atoms with Crippen LogP contribution in [0.4, 0.5) is 8.78 Å². The van der Waals surface area contributed by atoms with Gasteiger partial charge in [-0.3, -0.25) is 38.7 Å². The van der Waals surface area contributed by atoms with Crippen molar-refractivity contribution in [1.29, 1.82) is 0 Å². The molecule has 17 heteroatoms. The molecular formula is C40H47F2N11O4. The number of para-hydroxylation sites is 1. The van der Waals surface area contributed by atoms with Gasteiger partial charge < -0.3 is 16.0 Å². The highest BCUT2D eigenvalue weighted by Crippen LogP contribution is 2.28. The number of benzene rings is 1. The van der Waals surface area contributed by atoms with E-state index in [1.807, 2.05) is 19.1 Å². The number of nitrogens with zero attached hydrogens (tertiary/aromatic N) is 8. The van der Waals surface area contributed by atoms with Crippen LogP contribution in [0.1, 0.15) is 73.1 Å². The molecule has 3 aliphatic rings. The first-order chi connectivity index (χ1) is 27.5. The van der Waals surface area contributed by atoms with E-state index in [-0.39, 0.29) is 41.7 Å². The van der Waals surface area contributed by atoms with Crippen LogP contribution in [0.5, 0.6) is 0 Å². The Morgan fingerprint density at radius 1 is 1.09 bits per heavy atom. The van der Waals surface area contributed by atoms with Gasteiger partial charge in [0.15, 0.2) is 5.65 Å². The molecular weight excluding hydrogens is 737 g/mol. The number of fused-ring (bicyclic) bond motifs is 2. The number of hydrogen-bond donors (Lipinski definition) is 3. The average molecular weight is 784 g/mol. The lowest BCUT2D eigenvalue weighted by Crippen LogP contribution is -2.48. The highest BCUT2D eigenvalue weighted by Gasteiger charge is 2.32. The SMILES string of the molecule is CCc1ccn2ncc(C(=O)N/C(C=NC3CCC(CN4CCN(CC#Cc5cccc6c5n(C)c(=O)n6C5CCC(=O)NC5=O)CC4)CC3)=C(/N)C(F)F)c2n1. The third-order valence-corrected chi connectivity index (χ3v) is 11.2. The van der Waals surface area contributed by atoms with Gasteiger partial charge in [-0.25, -0.2) is 23.1 Å². The van der Waals surface area contributed by atoms with Crippen molar-refractivity contribution < 1.29 is 23.2 Å². The third-order valence-electron chi connectivity index (χ3n) is 11.2. The van der Waals surface area contributed by atoms with Crippen LogP contribution in [-0.4, -0.2) is 109 Å². The number of carbonyl (C=O) groups is 3. The quantitative estimate of drug-likeness (QED) is 0.124. The zero-order valence-electron chi connectivity index (χ0n) is 32.1. The third kappa shape index (κ3) is 8.66. The molecule has 4 N–H and O–H groups in total. The van der Waals surface area contributed by atoms with Gasteiger partial charge in [0.05, 0.1) is 41.1 Å². The van der Waals surface area contributed by atoms with E-state index in [1.54, 1.807) is 25.4 Å². The highest BCUT2D eigenvalue weighted by atomic mass is 19.3. The smallest absolute Gasteiger partial charge is 0.329 e. The van der Waals surface area contributed by atoms with Crippen LogP contribution < -0.4 is 22.1 Å². The molecule has 0 bridgehead atoms. The predicted molar refractivity (Wildman–Crippen MR) is 210 cm³/mol. The minimum atomic E-state index is -2.97. The highest BCUT2D eigenvalue weighted by molar-refractivity contribution is 6.03. The summed E-state index contributed by atoms with van der Waals surface area (Å²) in [5.74, 6) is 5.60. The van der Waals surface area contributed by atoms with Crippen molar-refractivity contribution in [2.24, 2.45) is 23.7 Å². The summed E-state index contributed by atoms with van der Waals surface area (Å²) in [4.78, 5) is 64.5. The Hall–Kier alpha value is -5.73. The summed E-state index contributed by atoms with van der Waals surface area (Å²) in [7, 11) is 1.67. The summed E-state index contributed by atoms with van der Waals surface area (Å²) in [6, 6.07) is 6.49. The zero-order valence-corrected chi connectivity index (χ0v) is 32.1. The van der Waals surface area contributed by atoms with Crippen LogP contribution in [0.2, 0.25) is 0 Å². The molecule has 7 rings (SSSR count). The van der Waals surface area contributed by atoms with E-state index in [4.69, 9.17) is 5.73 Å².